The van der Waals surface area contributed by atoms with E-state index >= 15 is 0 Å². The largest absolute Gasteiger partial charge is 0.332 e. The third kappa shape index (κ3) is 4.40. The van der Waals surface area contributed by atoms with Crippen molar-refractivity contribution in [3.05, 3.63) is 35.9 Å². The second-order valence-corrected chi connectivity index (χ2v) is 7.11. The molecular weight excluding hydrogens is 314 g/mol. The molecule has 2 saturated heterocycles. The first-order chi connectivity index (χ1) is 12.2. The Bertz CT molecular complexity index is 582. The molecule has 0 radical (unpaired) electrons. The van der Waals surface area contributed by atoms with Gasteiger partial charge in [-0.25, -0.2) is 0 Å². The molecule has 2 fully saturated rings. The Kier molecular flexibility index (Phi) is 6.08. The van der Waals surface area contributed by atoms with Crippen LogP contribution in [0.5, 0.6) is 0 Å². The molecule has 0 bridgehead atoms. The Balaban J connectivity index is 1.51. The molecule has 1 unspecified atom stereocenters. The number of rotatable bonds is 3. The molecule has 0 aromatic heterocycles. The minimum Gasteiger partial charge on any atom is -0.332 e. The van der Waals surface area contributed by atoms with E-state index in [0.717, 1.165) is 51.9 Å². The summed E-state index contributed by atoms with van der Waals surface area (Å²) in [4.78, 5) is 31.2. The molecule has 1 aromatic rings. The van der Waals surface area contributed by atoms with Crippen LogP contribution in [0, 0.1) is 0 Å². The van der Waals surface area contributed by atoms with Crippen LogP contribution in [0.3, 0.4) is 0 Å². The van der Waals surface area contributed by atoms with Crippen molar-refractivity contribution < 1.29 is 9.59 Å². The average Bonchev–Trinajstić information content (AvgIpc) is 2.68. The molecule has 2 aliphatic heterocycles. The van der Waals surface area contributed by atoms with Gasteiger partial charge < -0.3 is 9.80 Å². The van der Waals surface area contributed by atoms with E-state index in [0.29, 0.717) is 13.1 Å². The normalized spacial score (nSPS) is 22.0. The lowest BCUT2D eigenvalue weighted by molar-refractivity contribution is -0.155. The molecule has 1 aromatic carbocycles. The highest BCUT2D eigenvalue weighted by atomic mass is 16.2. The lowest BCUT2D eigenvalue weighted by Crippen LogP contribution is -2.55. The summed E-state index contributed by atoms with van der Waals surface area (Å²) in [6, 6.07) is 10.6. The summed E-state index contributed by atoms with van der Waals surface area (Å²) in [6.45, 7) is 6.67. The first kappa shape index (κ1) is 17.9. The zero-order valence-corrected chi connectivity index (χ0v) is 15.2. The fraction of sp³-hybridized carbons (Fsp3) is 0.600. The summed E-state index contributed by atoms with van der Waals surface area (Å²) < 4.78 is 0. The second kappa shape index (κ2) is 8.48. The Morgan fingerprint density at radius 1 is 0.960 bits per heavy atom. The molecule has 5 nitrogen and oxygen atoms in total. The third-order valence-electron chi connectivity index (χ3n) is 5.45. The van der Waals surface area contributed by atoms with Crippen molar-refractivity contribution in [1.82, 2.24) is 14.7 Å². The van der Waals surface area contributed by atoms with E-state index in [9.17, 15) is 9.59 Å². The number of piperazine rings is 1. The smallest absolute Gasteiger partial charge is 0.312 e. The number of carbonyl (C=O) groups excluding carboxylic acids is 2. The molecule has 3 rings (SSSR count). The van der Waals surface area contributed by atoms with Gasteiger partial charge in [0.15, 0.2) is 0 Å². The van der Waals surface area contributed by atoms with Crippen molar-refractivity contribution in [2.75, 3.05) is 32.7 Å². The number of amides is 2. The number of hydrogen-bond donors (Lipinski definition) is 0. The molecule has 0 N–H and O–H groups in total. The summed E-state index contributed by atoms with van der Waals surface area (Å²) in [5, 5.41) is 0. The number of nitrogens with zero attached hydrogens (tertiary/aromatic N) is 3. The standard InChI is InChI=1S/C20H29N3O2/c1-2-18-10-6-7-11-23(18)20(25)19(24)22-14-12-21(13-15-22)16-17-8-4-3-5-9-17/h3-5,8-9,18H,2,6-7,10-16H2,1H3. The number of hydrogen-bond acceptors (Lipinski definition) is 3. The summed E-state index contributed by atoms with van der Waals surface area (Å²) in [5.41, 5.74) is 1.29. The first-order valence-corrected chi connectivity index (χ1v) is 9.55. The van der Waals surface area contributed by atoms with E-state index in [4.69, 9.17) is 0 Å². The van der Waals surface area contributed by atoms with Gasteiger partial charge in [-0.05, 0) is 31.2 Å². The van der Waals surface area contributed by atoms with Crippen molar-refractivity contribution in [2.24, 2.45) is 0 Å². The van der Waals surface area contributed by atoms with E-state index < -0.39 is 0 Å². The van der Waals surface area contributed by atoms with Gasteiger partial charge in [-0.2, -0.15) is 0 Å². The van der Waals surface area contributed by atoms with Gasteiger partial charge in [0.25, 0.3) is 0 Å². The van der Waals surface area contributed by atoms with Gasteiger partial charge in [0.2, 0.25) is 0 Å². The van der Waals surface area contributed by atoms with Gasteiger partial charge in [0.1, 0.15) is 0 Å². The Hall–Kier alpha value is -1.88. The third-order valence-corrected chi connectivity index (χ3v) is 5.45. The maximum absolute atomic E-state index is 12.7. The van der Waals surface area contributed by atoms with Crippen LogP contribution in [0.15, 0.2) is 30.3 Å². The van der Waals surface area contributed by atoms with E-state index in [-0.39, 0.29) is 17.9 Å². The minimum atomic E-state index is -0.306. The fourth-order valence-electron chi connectivity index (χ4n) is 3.90. The van der Waals surface area contributed by atoms with Crippen LogP contribution in [-0.2, 0) is 16.1 Å². The molecule has 1 atom stereocenters. The molecule has 2 amide bonds. The average molecular weight is 343 g/mol. The summed E-state index contributed by atoms with van der Waals surface area (Å²) in [5.74, 6) is -0.595. The highest BCUT2D eigenvalue weighted by Crippen LogP contribution is 2.20. The topological polar surface area (TPSA) is 43.9 Å². The number of likely N-dealkylation sites (tertiary alicyclic amines) is 1. The van der Waals surface area contributed by atoms with Gasteiger partial charge in [0.05, 0.1) is 0 Å². The Morgan fingerprint density at radius 3 is 2.36 bits per heavy atom. The van der Waals surface area contributed by atoms with Crippen molar-refractivity contribution in [3.8, 4) is 0 Å². The van der Waals surface area contributed by atoms with E-state index in [2.05, 4.69) is 36.1 Å². The summed E-state index contributed by atoms with van der Waals surface area (Å²) in [6.07, 6.45) is 4.14. The minimum absolute atomic E-state index is 0.240. The number of benzene rings is 1. The summed E-state index contributed by atoms with van der Waals surface area (Å²) >= 11 is 0. The predicted molar refractivity (Wildman–Crippen MR) is 97.9 cm³/mol. The molecule has 5 heteroatoms. The maximum Gasteiger partial charge on any atom is 0.312 e. The molecule has 0 spiro atoms. The van der Waals surface area contributed by atoms with Gasteiger partial charge in [0, 0.05) is 45.3 Å². The van der Waals surface area contributed by atoms with Gasteiger partial charge in [-0.3, -0.25) is 14.5 Å². The monoisotopic (exact) mass is 343 g/mol. The number of piperidine rings is 1. The van der Waals surface area contributed by atoms with Crippen molar-refractivity contribution >= 4 is 11.8 Å². The molecular formula is C20H29N3O2. The van der Waals surface area contributed by atoms with E-state index in [1.54, 1.807) is 4.90 Å². The first-order valence-electron chi connectivity index (χ1n) is 9.55. The molecule has 0 aliphatic carbocycles. The van der Waals surface area contributed by atoms with Crippen LogP contribution < -0.4 is 0 Å². The van der Waals surface area contributed by atoms with E-state index in [1.807, 2.05) is 11.0 Å². The lowest BCUT2D eigenvalue weighted by atomic mass is 10.00. The van der Waals surface area contributed by atoms with Crippen LogP contribution >= 0.6 is 0 Å². The van der Waals surface area contributed by atoms with Crippen LogP contribution in [0.25, 0.3) is 0 Å². The molecule has 2 aliphatic rings. The van der Waals surface area contributed by atoms with Gasteiger partial charge >= 0.3 is 11.8 Å². The predicted octanol–water partition coefficient (Wildman–Crippen LogP) is 2.12. The lowest BCUT2D eigenvalue weighted by Gasteiger charge is -2.38. The molecule has 136 valence electrons. The van der Waals surface area contributed by atoms with Crippen molar-refractivity contribution in [1.29, 1.82) is 0 Å². The zero-order valence-electron chi connectivity index (χ0n) is 15.2. The number of carbonyl (C=O) groups is 2. The quantitative estimate of drug-likeness (QED) is 0.790. The van der Waals surface area contributed by atoms with Crippen molar-refractivity contribution in [3.63, 3.8) is 0 Å². The van der Waals surface area contributed by atoms with Crippen LogP contribution in [-0.4, -0.2) is 65.3 Å². The molecule has 2 heterocycles. The highest BCUT2D eigenvalue weighted by Gasteiger charge is 2.33. The van der Waals surface area contributed by atoms with E-state index in [1.165, 1.54) is 5.56 Å². The SMILES string of the molecule is CCC1CCCCN1C(=O)C(=O)N1CCN(Cc2ccccc2)CC1. The molecule has 25 heavy (non-hydrogen) atoms. The maximum atomic E-state index is 12.7. The van der Waals surface area contributed by atoms with Crippen LogP contribution in [0.2, 0.25) is 0 Å². The zero-order chi connectivity index (χ0) is 17.6. The van der Waals surface area contributed by atoms with Gasteiger partial charge in [-0.15, -0.1) is 0 Å². The van der Waals surface area contributed by atoms with Crippen LogP contribution in [0.4, 0.5) is 0 Å². The Labute approximate surface area is 150 Å². The fourth-order valence-corrected chi connectivity index (χ4v) is 3.90. The summed E-state index contributed by atoms with van der Waals surface area (Å²) in [7, 11) is 0. The second-order valence-electron chi connectivity index (χ2n) is 7.11. The van der Waals surface area contributed by atoms with Crippen molar-refractivity contribution in [2.45, 2.75) is 45.2 Å². The van der Waals surface area contributed by atoms with Gasteiger partial charge in [-0.1, -0.05) is 37.3 Å². The Morgan fingerprint density at radius 2 is 1.68 bits per heavy atom. The molecule has 0 saturated carbocycles. The highest BCUT2D eigenvalue weighted by molar-refractivity contribution is 6.35. The van der Waals surface area contributed by atoms with Crippen LogP contribution in [0.1, 0.15) is 38.2 Å².